The first-order chi connectivity index (χ1) is 13.9. The molecule has 1 heterocycles. The Morgan fingerprint density at radius 2 is 1.97 bits per heavy atom. The molecule has 9 heteroatoms. The molecule has 0 saturated carbocycles. The summed E-state index contributed by atoms with van der Waals surface area (Å²) in [4.78, 5) is 8.42. The maximum Gasteiger partial charge on any atom is 0.387 e. The van der Waals surface area contributed by atoms with Gasteiger partial charge in [0.2, 0.25) is 0 Å². The monoisotopic (exact) mass is 534 g/mol. The van der Waals surface area contributed by atoms with E-state index in [4.69, 9.17) is 4.74 Å². The SMILES string of the molecule is CN=C(NCc1cc(OC)ccc1OC(F)F)NCC(c1cccnc1)C(C)C.I. The quantitative estimate of drug-likeness (QED) is 0.284. The number of benzene rings is 1. The van der Waals surface area contributed by atoms with Crippen LogP contribution >= 0.6 is 24.0 Å². The Labute approximate surface area is 193 Å². The zero-order valence-corrected chi connectivity index (χ0v) is 19.9. The van der Waals surface area contributed by atoms with E-state index in [1.807, 2.05) is 12.3 Å². The Hall–Kier alpha value is -2.17. The van der Waals surface area contributed by atoms with Crippen molar-refractivity contribution in [3.05, 3.63) is 53.9 Å². The minimum absolute atomic E-state index is 0. The van der Waals surface area contributed by atoms with Crippen molar-refractivity contribution in [2.24, 2.45) is 10.9 Å². The molecule has 166 valence electrons. The number of hydrogen-bond acceptors (Lipinski definition) is 4. The summed E-state index contributed by atoms with van der Waals surface area (Å²) in [6, 6.07) is 8.68. The second-order valence-electron chi connectivity index (χ2n) is 6.80. The van der Waals surface area contributed by atoms with Crippen LogP contribution in [0.3, 0.4) is 0 Å². The van der Waals surface area contributed by atoms with Gasteiger partial charge in [0.1, 0.15) is 11.5 Å². The molecule has 0 saturated heterocycles. The van der Waals surface area contributed by atoms with Gasteiger partial charge in [0, 0.05) is 44.0 Å². The molecule has 1 atom stereocenters. The highest BCUT2D eigenvalue weighted by molar-refractivity contribution is 14.0. The van der Waals surface area contributed by atoms with Crippen LogP contribution in [0.2, 0.25) is 0 Å². The summed E-state index contributed by atoms with van der Waals surface area (Å²) in [5.41, 5.74) is 1.69. The van der Waals surface area contributed by atoms with Crippen molar-refractivity contribution < 1.29 is 18.3 Å². The molecule has 2 aromatic rings. The van der Waals surface area contributed by atoms with E-state index in [0.717, 1.165) is 5.56 Å². The molecule has 0 aliphatic carbocycles. The third-order valence-electron chi connectivity index (χ3n) is 4.56. The first-order valence-corrected chi connectivity index (χ1v) is 9.40. The van der Waals surface area contributed by atoms with E-state index in [-0.39, 0.29) is 42.2 Å². The molecular weight excluding hydrogens is 505 g/mol. The maximum atomic E-state index is 12.7. The predicted molar refractivity (Wildman–Crippen MR) is 125 cm³/mol. The first-order valence-electron chi connectivity index (χ1n) is 9.40. The summed E-state index contributed by atoms with van der Waals surface area (Å²) in [6.45, 7) is 2.31. The van der Waals surface area contributed by atoms with Gasteiger partial charge in [-0.15, -0.1) is 24.0 Å². The molecule has 0 spiro atoms. The number of alkyl halides is 2. The lowest BCUT2D eigenvalue weighted by atomic mass is 9.89. The van der Waals surface area contributed by atoms with Crippen LogP contribution in [0.25, 0.3) is 0 Å². The van der Waals surface area contributed by atoms with Crippen molar-refractivity contribution in [1.82, 2.24) is 15.6 Å². The fourth-order valence-corrected chi connectivity index (χ4v) is 2.97. The molecule has 6 nitrogen and oxygen atoms in total. The highest BCUT2D eigenvalue weighted by atomic mass is 127. The fraction of sp³-hybridized carbons (Fsp3) is 0.429. The third kappa shape index (κ3) is 7.92. The van der Waals surface area contributed by atoms with E-state index in [1.165, 1.54) is 13.2 Å². The summed E-state index contributed by atoms with van der Waals surface area (Å²) in [7, 11) is 3.18. The average molecular weight is 534 g/mol. The number of aromatic nitrogens is 1. The number of pyridine rings is 1. The zero-order chi connectivity index (χ0) is 21.2. The van der Waals surface area contributed by atoms with Crippen molar-refractivity contribution in [3.63, 3.8) is 0 Å². The van der Waals surface area contributed by atoms with Gasteiger partial charge in [-0.3, -0.25) is 9.98 Å². The van der Waals surface area contributed by atoms with Gasteiger partial charge in [0.15, 0.2) is 5.96 Å². The van der Waals surface area contributed by atoms with E-state index >= 15 is 0 Å². The van der Waals surface area contributed by atoms with Gasteiger partial charge in [-0.25, -0.2) is 0 Å². The highest BCUT2D eigenvalue weighted by Crippen LogP contribution is 2.26. The molecule has 0 radical (unpaired) electrons. The molecule has 0 aliphatic heterocycles. The molecule has 1 unspecified atom stereocenters. The van der Waals surface area contributed by atoms with Crippen molar-refractivity contribution in [3.8, 4) is 11.5 Å². The van der Waals surface area contributed by atoms with Crippen LogP contribution in [0.1, 0.15) is 30.9 Å². The lowest BCUT2D eigenvalue weighted by molar-refractivity contribution is -0.0504. The standard InChI is InChI=1S/C21H28F2N4O2.HI/c1-14(2)18(15-6-5-9-25-11-15)13-27-21(24-3)26-12-16-10-17(28-4)7-8-19(16)29-20(22)23;/h5-11,14,18,20H,12-13H2,1-4H3,(H2,24,26,27);1H. The topological polar surface area (TPSA) is 67.8 Å². The van der Waals surface area contributed by atoms with Crippen LogP contribution in [0.15, 0.2) is 47.7 Å². The van der Waals surface area contributed by atoms with E-state index in [1.54, 1.807) is 25.4 Å². The normalized spacial score (nSPS) is 12.3. The van der Waals surface area contributed by atoms with Crippen LogP contribution in [0, 0.1) is 5.92 Å². The molecule has 1 aromatic heterocycles. The van der Waals surface area contributed by atoms with Crippen LogP contribution in [0.5, 0.6) is 11.5 Å². The van der Waals surface area contributed by atoms with Crippen LogP contribution < -0.4 is 20.1 Å². The number of guanidine groups is 1. The Morgan fingerprint density at radius 3 is 2.53 bits per heavy atom. The molecular formula is C21H29F2IN4O2. The van der Waals surface area contributed by atoms with Crippen molar-refractivity contribution in [2.45, 2.75) is 32.9 Å². The Morgan fingerprint density at radius 1 is 1.20 bits per heavy atom. The summed E-state index contributed by atoms with van der Waals surface area (Å²) >= 11 is 0. The maximum absolute atomic E-state index is 12.7. The van der Waals surface area contributed by atoms with Gasteiger partial charge >= 0.3 is 6.61 Å². The number of nitrogens with zero attached hydrogens (tertiary/aromatic N) is 2. The van der Waals surface area contributed by atoms with Crippen molar-refractivity contribution in [2.75, 3.05) is 20.7 Å². The second-order valence-corrected chi connectivity index (χ2v) is 6.80. The van der Waals surface area contributed by atoms with E-state index in [9.17, 15) is 8.78 Å². The average Bonchev–Trinajstić information content (AvgIpc) is 2.71. The smallest absolute Gasteiger partial charge is 0.387 e. The molecule has 30 heavy (non-hydrogen) atoms. The van der Waals surface area contributed by atoms with E-state index < -0.39 is 6.61 Å². The second kappa shape index (κ2) is 13.2. The van der Waals surface area contributed by atoms with Crippen LogP contribution in [-0.4, -0.2) is 38.3 Å². The number of ether oxygens (including phenoxy) is 2. The Kier molecular flexibility index (Phi) is 11.4. The minimum Gasteiger partial charge on any atom is -0.497 e. The zero-order valence-electron chi connectivity index (χ0n) is 17.6. The summed E-state index contributed by atoms with van der Waals surface area (Å²) in [5, 5.41) is 6.44. The number of nitrogens with one attached hydrogen (secondary N) is 2. The minimum atomic E-state index is -2.90. The van der Waals surface area contributed by atoms with Gasteiger partial charge < -0.3 is 20.1 Å². The molecule has 2 rings (SSSR count). The molecule has 1 aromatic carbocycles. The Bertz CT molecular complexity index is 792. The number of aliphatic imine (C=N–C) groups is 1. The molecule has 0 aliphatic rings. The largest absolute Gasteiger partial charge is 0.497 e. The van der Waals surface area contributed by atoms with Gasteiger partial charge in [-0.1, -0.05) is 19.9 Å². The molecule has 0 amide bonds. The van der Waals surface area contributed by atoms with E-state index in [0.29, 0.717) is 29.7 Å². The predicted octanol–water partition coefficient (Wildman–Crippen LogP) is 4.41. The number of halogens is 3. The fourth-order valence-electron chi connectivity index (χ4n) is 2.97. The summed E-state index contributed by atoms with van der Waals surface area (Å²) in [5.74, 6) is 1.86. The van der Waals surface area contributed by atoms with Gasteiger partial charge in [-0.2, -0.15) is 8.78 Å². The Balaban J connectivity index is 0.00000450. The lowest BCUT2D eigenvalue weighted by Gasteiger charge is -2.23. The van der Waals surface area contributed by atoms with Gasteiger partial charge in [-0.05, 0) is 35.7 Å². The molecule has 2 N–H and O–H groups in total. The number of hydrogen-bond donors (Lipinski definition) is 2. The summed E-state index contributed by atoms with van der Waals surface area (Å²) in [6.07, 6.45) is 3.62. The lowest BCUT2D eigenvalue weighted by Crippen LogP contribution is -2.39. The van der Waals surface area contributed by atoms with E-state index in [2.05, 4.69) is 45.3 Å². The van der Waals surface area contributed by atoms with Crippen LogP contribution in [-0.2, 0) is 6.54 Å². The highest BCUT2D eigenvalue weighted by Gasteiger charge is 2.17. The third-order valence-corrected chi connectivity index (χ3v) is 4.56. The summed E-state index contributed by atoms with van der Waals surface area (Å²) < 4.78 is 35.1. The number of methoxy groups -OCH3 is 1. The molecule has 0 bridgehead atoms. The van der Waals surface area contributed by atoms with Gasteiger partial charge in [0.25, 0.3) is 0 Å². The van der Waals surface area contributed by atoms with Crippen LogP contribution in [0.4, 0.5) is 8.78 Å². The number of rotatable bonds is 9. The van der Waals surface area contributed by atoms with Crippen molar-refractivity contribution in [1.29, 1.82) is 0 Å². The first kappa shape index (κ1) is 25.9. The molecule has 0 fully saturated rings. The van der Waals surface area contributed by atoms with Crippen molar-refractivity contribution >= 4 is 29.9 Å². The van der Waals surface area contributed by atoms with Gasteiger partial charge in [0.05, 0.1) is 7.11 Å².